The number of nitrogens with one attached hydrogen (secondary N) is 1. The van der Waals surface area contributed by atoms with E-state index in [1.54, 1.807) is 0 Å². The second-order valence-electron chi connectivity index (χ2n) is 5.39. The maximum absolute atomic E-state index is 6.36. The third kappa shape index (κ3) is 4.32. The highest BCUT2D eigenvalue weighted by molar-refractivity contribution is 9.10. The molecule has 0 spiro atoms. The van der Waals surface area contributed by atoms with Crippen molar-refractivity contribution >= 4 is 27.5 Å². The second-order valence-corrected chi connectivity index (χ2v) is 6.72. The topological polar surface area (TPSA) is 12.0 Å². The smallest absolute Gasteiger partial charge is 0.0449 e. The predicted octanol–water partition coefficient (Wildman–Crippen LogP) is 5.61. The Morgan fingerprint density at radius 1 is 1.10 bits per heavy atom. The van der Waals surface area contributed by atoms with Gasteiger partial charge in [0.25, 0.3) is 0 Å². The molecule has 0 aliphatic rings. The number of hydrogen-bond acceptors (Lipinski definition) is 1. The lowest BCUT2D eigenvalue weighted by atomic mass is 9.96. The van der Waals surface area contributed by atoms with Crippen LogP contribution in [-0.4, -0.2) is 6.54 Å². The highest BCUT2D eigenvalue weighted by Crippen LogP contribution is 2.27. The molecule has 2 rings (SSSR count). The summed E-state index contributed by atoms with van der Waals surface area (Å²) >= 11 is 9.82. The Morgan fingerprint density at radius 3 is 2.48 bits per heavy atom. The van der Waals surface area contributed by atoms with Gasteiger partial charge in [-0.05, 0) is 61.2 Å². The summed E-state index contributed by atoms with van der Waals surface area (Å²) in [4.78, 5) is 0. The SMILES string of the molecule is CCNC(Cc1ccc(Br)cc1Cl)c1ccc(C)c(C)c1. The summed E-state index contributed by atoms with van der Waals surface area (Å²) in [6.07, 6.45) is 0.891. The Kier molecular flexibility index (Phi) is 5.86. The molecule has 0 aromatic heterocycles. The van der Waals surface area contributed by atoms with Crippen molar-refractivity contribution in [1.82, 2.24) is 5.32 Å². The maximum Gasteiger partial charge on any atom is 0.0449 e. The highest BCUT2D eigenvalue weighted by atomic mass is 79.9. The zero-order valence-corrected chi connectivity index (χ0v) is 15.1. The van der Waals surface area contributed by atoms with Gasteiger partial charge in [-0.25, -0.2) is 0 Å². The fraction of sp³-hybridized carbons (Fsp3) is 0.333. The molecule has 112 valence electrons. The van der Waals surface area contributed by atoms with Crippen molar-refractivity contribution in [1.29, 1.82) is 0 Å². The second kappa shape index (κ2) is 7.44. The number of halogens is 2. The van der Waals surface area contributed by atoms with Crippen LogP contribution in [-0.2, 0) is 6.42 Å². The van der Waals surface area contributed by atoms with Crippen molar-refractivity contribution in [3.63, 3.8) is 0 Å². The van der Waals surface area contributed by atoms with Crippen LogP contribution in [0.25, 0.3) is 0 Å². The third-order valence-corrected chi connectivity index (χ3v) is 4.67. The van der Waals surface area contributed by atoms with E-state index in [0.29, 0.717) is 0 Å². The van der Waals surface area contributed by atoms with E-state index in [1.807, 2.05) is 12.1 Å². The van der Waals surface area contributed by atoms with Crippen LogP contribution in [0.15, 0.2) is 40.9 Å². The third-order valence-electron chi connectivity index (χ3n) is 3.82. The fourth-order valence-electron chi connectivity index (χ4n) is 2.44. The Balaban J connectivity index is 2.28. The first-order chi connectivity index (χ1) is 10.0. The summed E-state index contributed by atoms with van der Waals surface area (Å²) in [7, 11) is 0. The van der Waals surface area contributed by atoms with Crippen molar-refractivity contribution in [2.45, 2.75) is 33.2 Å². The average molecular weight is 367 g/mol. The molecule has 0 bridgehead atoms. The molecular weight excluding hydrogens is 346 g/mol. The molecule has 0 radical (unpaired) electrons. The summed E-state index contributed by atoms with van der Waals surface area (Å²) in [5.74, 6) is 0. The summed E-state index contributed by atoms with van der Waals surface area (Å²) in [5, 5.41) is 4.38. The lowest BCUT2D eigenvalue weighted by molar-refractivity contribution is 0.549. The van der Waals surface area contributed by atoms with Crippen LogP contribution < -0.4 is 5.32 Å². The van der Waals surface area contributed by atoms with Crippen LogP contribution in [0.1, 0.15) is 35.2 Å². The largest absolute Gasteiger partial charge is 0.310 e. The van der Waals surface area contributed by atoms with Crippen molar-refractivity contribution in [2.75, 3.05) is 6.54 Å². The van der Waals surface area contributed by atoms with Crippen molar-refractivity contribution in [3.05, 3.63) is 68.1 Å². The van der Waals surface area contributed by atoms with E-state index in [1.165, 1.54) is 22.3 Å². The molecule has 0 amide bonds. The Bertz CT molecular complexity index is 625. The molecule has 0 heterocycles. The van der Waals surface area contributed by atoms with Gasteiger partial charge in [0.05, 0.1) is 0 Å². The van der Waals surface area contributed by atoms with E-state index in [4.69, 9.17) is 11.6 Å². The summed E-state index contributed by atoms with van der Waals surface area (Å²) in [5.41, 5.74) is 5.15. The first kappa shape index (κ1) is 16.5. The monoisotopic (exact) mass is 365 g/mol. The van der Waals surface area contributed by atoms with Crippen LogP contribution >= 0.6 is 27.5 Å². The maximum atomic E-state index is 6.36. The molecule has 0 aliphatic heterocycles. The molecule has 2 aromatic carbocycles. The molecule has 0 saturated carbocycles. The van der Waals surface area contributed by atoms with Crippen LogP contribution in [0.4, 0.5) is 0 Å². The van der Waals surface area contributed by atoms with Gasteiger partial charge in [0, 0.05) is 15.5 Å². The molecule has 21 heavy (non-hydrogen) atoms. The van der Waals surface area contributed by atoms with Gasteiger partial charge < -0.3 is 5.32 Å². The van der Waals surface area contributed by atoms with Gasteiger partial charge in [-0.3, -0.25) is 0 Å². The normalized spacial score (nSPS) is 12.4. The lowest BCUT2D eigenvalue weighted by Gasteiger charge is -2.20. The molecule has 1 unspecified atom stereocenters. The van der Waals surface area contributed by atoms with Crippen LogP contribution in [0.3, 0.4) is 0 Å². The Morgan fingerprint density at radius 2 is 1.86 bits per heavy atom. The minimum absolute atomic E-state index is 0.285. The van der Waals surface area contributed by atoms with Gasteiger partial charge in [-0.1, -0.05) is 58.7 Å². The van der Waals surface area contributed by atoms with Gasteiger partial charge in [0.1, 0.15) is 0 Å². The highest BCUT2D eigenvalue weighted by Gasteiger charge is 2.14. The molecule has 0 aliphatic carbocycles. The van der Waals surface area contributed by atoms with Crippen molar-refractivity contribution < 1.29 is 0 Å². The minimum atomic E-state index is 0.285. The number of likely N-dealkylation sites (N-methyl/N-ethyl adjacent to an activating group) is 1. The van der Waals surface area contributed by atoms with Crippen molar-refractivity contribution in [3.8, 4) is 0 Å². The first-order valence-electron chi connectivity index (χ1n) is 7.25. The summed E-state index contributed by atoms with van der Waals surface area (Å²) < 4.78 is 1.02. The standard InChI is InChI=1S/C18H21BrClN/c1-4-21-18(15-6-5-12(2)13(3)9-15)10-14-7-8-16(19)11-17(14)20/h5-9,11,18,21H,4,10H2,1-3H3. The predicted molar refractivity (Wildman–Crippen MR) is 95.2 cm³/mol. The average Bonchev–Trinajstić information content (AvgIpc) is 2.44. The molecular formula is C18H21BrClN. The molecule has 3 heteroatoms. The van der Waals surface area contributed by atoms with Gasteiger partial charge in [-0.2, -0.15) is 0 Å². The van der Waals surface area contributed by atoms with Crippen molar-refractivity contribution in [2.24, 2.45) is 0 Å². The molecule has 2 aromatic rings. The molecule has 1 atom stereocenters. The van der Waals surface area contributed by atoms with Gasteiger partial charge in [-0.15, -0.1) is 0 Å². The number of rotatable bonds is 5. The number of benzene rings is 2. The van der Waals surface area contributed by atoms with E-state index in [2.05, 4.69) is 66.3 Å². The minimum Gasteiger partial charge on any atom is -0.310 e. The first-order valence-corrected chi connectivity index (χ1v) is 8.42. The van der Waals surface area contributed by atoms with E-state index in [9.17, 15) is 0 Å². The number of hydrogen-bond donors (Lipinski definition) is 1. The molecule has 0 fully saturated rings. The van der Waals surface area contributed by atoms with E-state index >= 15 is 0 Å². The van der Waals surface area contributed by atoms with Gasteiger partial charge in [0.15, 0.2) is 0 Å². The molecule has 0 saturated heterocycles. The quantitative estimate of drug-likeness (QED) is 0.725. The van der Waals surface area contributed by atoms with E-state index in [-0.39, 0.29) is 6.04 Å². The zero-order chi connectivity index (χ0) is 15.4. The molecule has 1 N–H and O–H groups in total. The summed E-state index contributed by atoms with van der Waals surface area (Å²) in [6, 6.07) is 13.1. The zero-order valence-electron chi connectivity index (χ0n) is 12.7. The van der Waals surface area contributed by atoms with Gasteiger partial charge in [0.2, 0.25) is 0 Å². The summed E-state index contributed by atoms with van der Waals surface area (Å²) in [6.45, 7) is 7.38. The van der Waals surface area contributed by atoms with E-state index in [0.717, 1.165) is 22.5 Å². The fourth-order valence-corrected chi connectivity index (χ4v) is 3.19. The lowest BCUT2D eigenvalue weighted by Crippen LogP contribution is -2.23. The van der Waals surface area contributed by atoms with Crippen LogP contribution in [0.2, 0.25) is 5.02 Å². The van der Waals surface area contributed by atoms with Crippen LogP contribution in [0.5, 0.6) is 0 Å². The Hall–Kier alpha value is -0.830. The van der Waals surface area contributed by atoms with E-state index < -0.39 is 0 Å². The molecule has 1 nitrogen and oxygen atoms in total. The van der Waals surface area contributed by atoms with Gasteiger partial charge >= 0.3 is 0 Å². The Labute approximate surface area is 140 Å². The number of aryl methyl sites for hydroxylation is 2. The van der Waals surface area contributed by atoms with Crippen LogP contribution in [0, 0.1) is 13.8 Å².